The summed E-state index contributed by atoms with van der Waals surface area (Å²) in [5.41, 5.74) is 7.21. The Hall–Kier alpha value is -5.65. The third kappa shape index (κ3) is 7.64. The maximum absolute atomic E-state index is 14.9. The molecule has 3 aromatic rings. The van der Waals surface area contributed by atoms with Crippen molar-refractivity contribution in [2.45, 2.75) is 58.3 Å². The maximum Gasteiger partial charge on any atom is 0.372 e. The van der Waals surface area contributed by atoms with Crippen LogP contribution in [0.3, 0.4) is 0 Å². The van der Waals surface area contributed by atoms with Crippen LogP contribution < -0.4 is 10.3 Å². The van der Waals surface area contributed by atoms with E-state index in [9.17, 15) is 24.0 Å². The van der Waals surface area contributed by atoms with Crippen LogP contribution in [-0.4, -0.2) is 76.5 Å². The third-order valence-electron chi connectivity index (χ3n) is 8.65. The summed E-state index contributed by atoms with van der Waals surface area (Å²) in [7, 11) is 1.28. The summed E-state index contributed by atoms with van der Waals surface area (Å²) in [6.45, 7) is 7.30. The molecule has 2 unspecified atom stereocenters. The highest BCUT2D eigenvalue weighted by molar-refractivity contribution is 6.38. The number of benzene rings is 2. The molecule has 2 aromatic carbocycles. The van der Waals surface area contributed by atoms with Gasteiger partial charge in [-0.25, -0.2) is 9.79 Å². The van der Waals surface area contributed by atoms with E-state index in [4.69, 9.17) is 15.2 Å². The largest absolute Gasteiger partial charge is 0.473 e. The molecular formula is C38H42N5O7+. The SMILES string of the molecule is COC(=O)C[n+]1cccc(C(=O)N2C=C(c3ccccc3)N([C@H](C(N)=O)C(Cc3ccccc3)C(=O)C3=NC(C)(C)CO3)C(=O)C2C(C)C)c1. The Labute approximate surface area is 291 Å². The lowest BCUT2D eigenvalue weighted by Gasteiger charge is -2.45. The van der Waals surface area contributed by atoms with E-state index < -0.39 is 58.9 Å². The van der Waals surface area contributed by atoms with Crippen LogP contribution in [0.15, 0.2) is 96.4 Å². The number of nitrogens with zero attached hydrogens (tertiary/aromatic N) is 4. The molecule has 12 nitrogen and oxygen atoms in total. The first-order valence-electron chi connectivity index (χ1n) is 16.4. The van der Waals surface area contributed by atoms with Gasteiger partial charge in [0.15, 0.2) is 12.4 Å². The van der Waals surface area contributed by atoms with E-state index >= 15 is 0 Å². The Kier molecular flexibility index (Phi) is 10.6. The number of Topliss-reactive ketones (excluding diaryl/α,β-unsaturated/α-hetero) is 1. The molecule has 2 aliphatic heterocycles. The number of carbonyl (C=O) groups excluding carboxylic acids is 5. The zero-order chi connectivity index (χ0) is 36.2. The van der Waals surface area contributed by atoms with Crippen molar-refractivity contribution < 1.29 is 38.0 Å². The number of methoxy groups -OCH3 is 1. The van der Waals surface area contributed by atoms with Gasteiger partial charge in [0.2, 0.25) is 18.2 Å². The number of primary amides is 1. The van der Waals surface area contributed by atoms with Gasteiger partial charge in [-0.1, -0.05) is 74.5 Å². The average molecular weight is 681 g/mol. The second kappa shape index (κ2) is 14.9. The number of aliphatic imine (C=N–C) groups is 1. The fourth-order valence-corrected chi connectivity index (χ4v) is 6.26. The van der Waals surface area contributed by atoms with Gasteiger partial charge in [0.1, 0.15) is 24.3 Å². The minimum atomic E-state index is -1.48. The number of carbonyl (C=O) groups is 5. The molecule has 0 saturated heterocycles. The molecule has 0 radical (unpaired) electrons. The molecule has 5 rings (SSSR count). The molecule has 50 heavy (non-hydrogen) atoms. The summed E-state index contributed by atoms with van der Waals surface area (Å²) in [5, 5.41) is 0. The zero-order valence-electron chi connectivity index (χ0n) is 28.8. The van der Waals surface area contributed by atoms with Gasteiger partial charge in [-0.05, 0) is 43.4 Å². The summed E-state index contributed by atoms with van der Waals surface area (Å²) in [5.74, 6) is -4.79. The molecule has 3 heterocycles. The molecule has 0 fully saturated rings. The highest BCUT2D eigenvalue weighted by atomic mass is 16.5. The fourth-order valence-electron chi connectivity index (χ4n) is 6.26. The Bertz CT molecular complexity index is 1840. The second-order valence-electron chi connectivity index (χ2n) is 13.4. The molecule has 2 N–H and O–H groups in total. The van der Waals surface area contributed by atoms with Gasteiger partial charge in [0.25, 0.3) is 17.7 Å². The minimum Gasteiger partial charge on any atom is -0.473 e. The summed E-state index contributed by atoms with van der Waals surface area (Å²) in [6.07, 6.45) is 4.73. The van der Waals surface area contributed by atoms with Gasteiger partial charge in [-0.15, -0.1) is 0 Å². The smallest absolute Gasteiger partial charge is 0.372 e. The summed E-state index contributed by atoms with van der Waals surface area (Å²) < 4.78 is 12.0. The average Bonchev–Trinajstić information content (AvgIpc) is 3.47. The van der Waals surface area contributed by atoms with Gasteiger partial charge in [0.05, 0.1) is 24.3 Å². The summed E-state index contributed by atoms with van der Waals surface area (Å²) in [4.78, 5) is 76.4. The van der Waals surface area contributed by atoms with Crippen molar-refractivity contribution in [1.29, 1.82) is 0 Å². The van der Waals surface area contributed by atoms with E-state index in [1.807, 2.05) is 44.2 Å². The first kappa shape index (κ1) is 35.7. The first-order chi connectivity index (χ1) is 23.8. The summed E-state index contributed by atoms with van der Waals surface area (Å²) in [6, 6.07) is 18.6. The Morgan fingerprint density at radius 3 is 2.26 bits per heavy atom. The van der Waals surface area contributed by atoms with E-state index in [0.29, 0.717) is 5.56 Å². The van der Waals surface area contributed by atoms with Crippen molar-refractivity contribution >= 4 is 41.1 Å². The number of aromatic nitrogens is 1. The quantitative estimate of drug-likeness (QED) is 0.228. The fraction of sp³-hybridized carbons (Fsp3) is 0.342. The molecule has 260 valence electrons. The van der Waals surface area contributed by atoms with Gasteiger partial charge >= 0.3 is 5.97 Å². The number of ketones is 1. The van der Waals surface area contributed by atoms with Crippen LogP contribution >= 0.6 is 0 Å². The minimum absolute atomic E-state index is 0.0567. The van der Waals surface area contributed by atoms with Crippen molar-refractivity contribution in [2.24, 2.45) is 22.6 Å². The number of ether oxygens (including phenoxy) is 2. The van der Waals surface area contributed by atoms with Crippen molar-refractivity contribution in [3.05, 3.63) is 108 Å². The van der Waals surface area contributed by atoms with Crippen LogP contribution in [0.1, 0.15) is 49.2 Å². The van der Waals surface area contributed by atoms with Gasteiger partial charge < -0.3 is 15.2 Å². The highest BCUT2D eigenvalue weighted by Crippen LogP contribution is 2.36. The Morgan fingerprint density at radius 1 is 1.02 bits per heavy atom. The number of rotatable bonds is 12. The topological polar surface area (TPSA) is 153 Å². The lowest BCUT2D eigenvalue weighted by Crippen LogP contribution is -2.62. The number of pyridine rings is 1. The standard InChI is InChI=1S/C38H41N5O7/c1-24(2)31-37(48)43(32(34(39)46)28(19-25-13-8-6-9-14-25)33(45)35-40-38(3,4)23-50-35)29(26-15-10-7-11-16-26)21-42(31)36(47)27-17-12-18-41(20-27)22-30(44)49-5/h6-18,20-21,24,28,31-32H,19,22-23H2,1-5H3,(H-,39,46)/p+1/t28?,31?,32-/m0/s1. The molecular weight excluding hydrogens is 638 g/mol. The monoisotopic (exact) mass is 680 g/mol. The first-order valence-corrected chi connectivity index (χ1v) is 16.4. The Balaban J connectivity index is 1.67. The molecule has 0 bridgehead atoms. The Morgan fingerprint density at radius 2 is 1.68 bits per heavy atom. The second-order valence-corrected chi connectivity index (χ2v) is 13.4. The normalized spacial score (nSPS) is 18.1. The van der Waals surface area contributed by atoms with Crippen LogP contribution in [0.4, 0.5) is 0 Å². The highest BCUT2D eigenvalue weighted by Gasteiger charge is 2.50. The van der Waals surface area contributed by atoms with Crippen molar-refractivity contribution in [1.82, 2.24) is 9.80 Å². The van der Waals surface area contributed by atoms with Crippen LogP contribution in [0.5, 0.6) is 0 Å². The number of amides is 3. The number of hydrogen-bond donors (Lipinski definition) is 1. The van der Waals surface area contributed by atoms with Crippen LogP contribution in [0.25, 0.3) is 5.70 Å². The van der Waals surface area contributed by atoms with Gasteiger partial charge in [-0.3, -0.25) is 29.0 Å². The van der Waals surface area contributed by atoms with Crippen LogP contribution in [-0.2, 0) is 41.6 Å². The molecule has 0 saturated carbocycles. The number of esters is 1. The van der Waals surface area contributed by atoms with Crippen molar-refractivity contribution in [3.8, 4) is 0 Å². The van der Waals surface area contributed by atoms with E-state index in [1.54, 1.807) is 62.5 Å². The van der Waals surface area contributed by atoms with Crippen molar-refractivity contribution in [2.75, 3.05) is 13.7 Å². The predicted molar refractivity (Wildman–Crippen MR) is 184 cm³/mol. The number of nitrogens with two attached hydrogens (primary N) is 1. The van der Waals surface area contributed by atoms with Gasteiger partial charge in [0, 0.05) is 12.3 Å². The van der Waals surface area contributed by atoms with Gasteiger partial charge in [-0.2, -0.15) is 4.57 Å². The zero-order valence-corrected chi connectivity index (χ0v) is 28.8. The predicted octanol–water partition coefficient (Wildman–Crippen LogP) is 2.94. The molecule has 0 spiro atoms. The molecule has 12 heteroatoms. The molecule has 3 atom stereocenters. The third-order valence-corrected chi connectivity index (χ3v) is 8.65. The van der Waals surface area contributed by atoms with E-state index in [-0.39, 0.29) is 36.7 Å². The molecule has 0 aliphatic carbocycles. The summed E-state index contributed by atoms with van der Waals surface area (Å²) >= 11 is 0. The van der Waals surface area contributed by atoms with E-state index in [0.717, 1.165) is 5.56 Å². The van der Waals surface area contributed by atoms with E-state index in [1.165, 1.54) is 33.9 Å². The van der Waals surface area contributed by atoms with Crippen LogP contribution in [0.2, 0.25) is 0 Å². The molecule has 1 aromatic heterocycles. The van der Waals surface area contributed by atoms with Crippen molar-refractivity contribution in [3.63, 3.8) is 0 Å². The van der Waals surface area contributed by atoms with Crippen LogP contribution in [0, 0.1) is 11.8 Å². The number of hydrogen-bond acceptors (Lipinski definition) is 8. The maximum atomic E-state index is 14.9. The lowest BCUT2D eigenvalue weighted by molar-refractivity contribution is -0.686. The molecule has 2 aliphatic rings. The lowest BCUT2D eigenvalue weighted by atomic mass is 9.84. The van der Waals surface area contributed by atoms with E-state index in [2.05, 4.69) is 4.99 Å². The molecule has 3 amide bonds.